The third-order valence-electron chi connectivity index (χ3n) is 7.21. The van der Waals surface area contributed by atoms with Crippen molar-refractivity contribution in [3.63, 3.8) is 0 Å². The number of benzene rings is 2. The van der Waals surface area contributed by atoms with E-state index in [1.807, 2.05) is 13.1 Å². The number of nitrogens with two attached hydrogens (primary N) is 1. The molecule has 4 aromatic rings. The lowest BCUT2D eigenvalue weighted by molar-refractivity contribution is -0.129. The normalized spacial score (nSPS) is 15.3. The number of aromatic amines is 1. The SMILES string of the molecule is CCCCC(Cc1c[nH]c2ccccc12)c1c(C(N)=O)sc2cc(N3CCN(C)C(=O)C3)ccc12. The molecule has 1 fully saturated rings. The lowest BCUT2D eigenvalue weighted by Crippen LogP contribution is -2.48. The maximum atomic E-state index is 12.6. The quantitative estimate of drug-likeness (QED) is 0.354. The van der Waals surface area contributed by atoms with Crippen LogP contribution in [0.25, 0.3) is 21.0 Å². The second-order valence-electron chi connectivity index (χ2n) is 9.53. The van der Waals surface area contributed by atoms with Gasteiger partial charge in [0, 0.05) is 47.6 Å². The summed E-state index contributed by atoms with van der Waals surface area (Å²) >= 11 is 1.49. The zero-order valence-electron chi connectivity index (χ0n) is 20.3. The Labute approximate surface area is 209 Å². The van der Waals surface area contributed by atoms with Gasteiger partial charge in [-0.1, -0.05) is 44.0 Å². The van der Waals surface area contributed by atoms with Crippen LogP contribution in [-0.4, -0.2) is 48.4 Å². The molecule has 2 amide bonds. The van der Waals surface area contributed by atoms with E-state index in [1.165, 1.54) is 22.3 Å². The van der Waals surface area contributed by atoms with Crippen molar-refractivity contribution >= 4 is 49.8 Å². The van der Waals surface area contributed by atoms with E-state index in [2.05, 4.69) is 59.4 Å². The van der Waals surface area contributed by atoms with Gasteiger partial charge < -0.3 is 20.5 Å². The Bertz CT molecular complexity index is 1390. The molecule has 3 N–H and O–H groups in total. The Balaban J connectivity index is 1.55. The van der Waals surface area contributed by atoms with E-state index in [4.69, 9.17) is 5.73 Å². The molecule has 1 atom stereocenters. The summed E-state index contributed by atoms with van der Waals surface area (Å²) in [6.45, 7) is 4.09. The van der Waals surface area contributed by atoms with Crippen LogP contribution >= 0.6 is 11.3 Å². The molecule has 2 aromatic carbocycles. The minimum atomic E-state index is -0.363. The number of hydrogen-bond acceptors (Lipinski definition) is 4. The van der Waals surface area contributed by atoms with E-state index < -0.39 is 0 Å². The predicted molar refractivity (Wildman–Crippen MR) is 144 cm³/mol. The van der Waals surface area contributed by atoms with Crippen molar-refractivity contribution in [2.45, 2.75) is 38.5 Å². The number of carbonyl (C=O) groups is 2. The van der Waals surface area contributed by atoms with Crippen LogP contribution in [0.15, 0.2) is 48.7 Å². The Morgan fingerprint density at radius 3 is 2.77 bits per heavy atom. The van der Waals surface area contributed by atoms with Crippen molar-refractivity contribution in [3.05, 3.63) is 64.7 Å². The smallest absolute Gasteiger partial charge is 0.259 e. The molecule has 1 saturated heterocycles. The molecule has 2 aromatic heterocycles. The van der Waals surface area contributed by atoms with Crippen LogP contribution in [0.4, 0.5) is 5.69 Å². The lowest BCUT2D eigenvalue weighted by Gasteiger charge is -2.33. The summed E-state index contributed by atoms with van der Waals surface area (Å²) in [5, 5.41) is 2.34. The summed E-state index contributed by atoms with van der Waals surface area (Å²) in [5.74, 6) is -0.0428. The fourth-order valence-corrected chi connectivity index (χ4v) is 6.41. The molecule has 0 radical (unpaired) electrons. The molecule has 7 heteroatoms. The van der Waals surface area contributed by atoms with Crippen molar-refractivity contribution < 1.29 is 9.59 Å². The highest BCUT2D eigenvalue weighted by Gasteiger charge is 2.26. The summed E-state index contributed by atoms with van der Waals surface area (Å²) in [6.07, 6.45) is 6.14. The van der Waals surface area contributed by atoms with Crippen LogP contribution in [0.5, 0.6) is 0 Å². The third-order valence-corrected chi connectivity index (χ3v) is 8.40. The Kier molecular flexibility index (Phi) is 6.52. The van der Waals surface area contributed by atoms with Crippen LogP contribution in [0.2, 0.25) is 0 Å². The number of amides is 2. The fourth-order valence-electron chi connectivity index (χ4n) is 5.23. The second-order valence-corrected chi connectivity index (χ2v) is 10.6. The molecule has 0 aliphatic carbocycles. The number of thiophene rings is 1. The van der Waals surface area contributed by atoms with Crippen LogP contribution in [0.1, 0.15) is 52.9 Å². The molecule has 6 nitrogen and oxygen atoms in total. The van der Waals surface area contributed by atoms with E-state index in [-0.39, 0.29) is 17.7 Å². The standard InChI is InChI=1S/C28H32N4O2S/c1-3-4-7-18(14-19-16-30-23-9-6-5-8-21(19)23)26-22-11-10-20(15-24(22)35-27(26)28(29)34)32-13-12-31(2)25(33)17-32/h5-6,8-11,15-16,18,30H,3-4,7,12-14,17H2,1-2H3,(H2,29,34). The van der Waals surface area contributed by atoms with Gasteiger partial charge in [0.1, 0.15) is 0 Å². The van der Waals surface area contributed by atoms with Crippen molar-refractivity contribution in [2.24, 2.45) is 5.73 Å². The van der Waals surface area contributed by atoms with E-state index in [0.717, 1.165) is 59.1 Å². The number of likely N-dealkylation sites (N-methyl/N-ethyl adjacent to an activating group) is 1. The van der Waals surface area contributed by atoms with Gasteiger partial charge in [-0.15, -0.1) is 11.3 Å². The van der Waals surface area contributed by atoms with Gasteiger partial charge >= 0.3 is 0 Å². The number of nitrogens with zero attached hydrogens (tertiary/aromatic N) is 2. The number of H-pyrrole nitrogens is 1. The summed E-state index contributed by atoms with van der Waals surface area (Å²) in [6, 6.07) is 14.7. The molecule has 1 aliphatic heterocycles. The van der Waals surface area contributed by atoms with Crippen LogP contribution in [0, 0.1) is 0 Å². The average Bonchev–Trinajstić information content (AvgIpc) is 3.44. The highest BCUT2D eigenvalue weighted by molar-refractivity contribution is 7.21. The maximum Gasteiger partial charge on any atom is 0.259 e. The highest BCUT2D eigenvalue weighted by atomic mass is 32.1. The van der Waals surface area contributed by atoms with Gasteiger partial charge in [0.2, 0.25) is 5.91 Å². The van der Waals surface area contributed by atoms with Gasteiger partial charge in [0.05, 0.1) is 11.4 Å². The molecule has 182 valence electrons. The molecule has 1 aliphatic rings. The molecule has 0 saturated carbocycles. The number of fused-ring (bicyclic) bond motifs is 2. The topological polar surface area (TPSA) is 82.4 Å². The number of nitrogens with one attached hydrogen (secondary N) is 1. The number of anilines is 1. The van der Waals surface area contributed by atoms with Crippen LogP contribution < -0.4 is 10.6 Å². The monoisotopic (exact) mass is 488 g/mol. The summed E-state index contributed by atoms with van der Waals surface area (Å²) in [4.78, 5) is 32.8. The van der Waals surface area contributed by atoms with E-state index in [1.54, 1.807) is 4.90 Å². The number of unbranched alkanes of at least 4 members (excludes halogenated alkanes) is 1. The Morgan fingerprint density at radius 2 is 2.00 bits per heavy atom. The largest absolute Gasteiger partial charge is 0.365 e. The minimum Gasteiger partial charge on any atom is -0.365 e. The number of hydrogen-bond donors (Lipinski definition) is 2. The molecular weight excluding hydrogens is 456 g/mol. The van der Waals surface area contributed by atoms with Gasteiger partial charge in [0.25, 0.3) is 5.91 Å². The van der Waals surface area contributed by atoms with E-state index in [0.29, 0.717) is 18.0 Å². The number of piperazine rings is 1. The summed E-state index contributed by atoms with van der Waals surface area (Å²) in [5.41, 5.74) is 10.4. The van der Waals surface area contributed by atoms with Gasteiger partial charge in [0.15, 0.2) is 0 Å². The van der Waals surface area contributed by atoms with Gasteiger partial charge in [-0.05, 0) is 53.5 Å². The van der Waals surface area contributed by atoms with Crippen molar-refractivity contribution in [3.8, 4) is 0 Å². The van der Waals surface area contributed by atoms with Crippen LogP contribution in [-0.2, 0) is 11.2 Å². The lowest BCUT2D eigenvalue weighted by atomic mass is 9.86. The minimum absolute atomic E-state index is 0.124. The highest BCUT2D eigenvalue weighted by Crippen LogP contribution is 2.42. The predicted octanol–water partition coefficient (Wildman–Crippen LogP) is 5.28. The molecular formula is C28H32N4O2S. The van der Waals surface area contributed by atoms with Crippen LogP contribution in [0.3, 0.4) is 0 Å². The van der Waals surface area contributed by atoms with Crippen molar-refractivity contribution in [1.82, 2.24) is 9.88 Å². The van der Waals surface area contributed by atoms with Crippen molar-refractivity contribution in [1.29, 1.82) is 0 Å². The van der Waals surface area contributed by atoms with Gasteiger partial charge in [-0.2, -0.15) is 0 Å². The van der Waals surface area contributed by atoms with Crippen molar-refractivity contribution in [2.75, 3.05) is 31.6 Å². The average molecular weight is 489 g/mol. The van der Waals surface area contributed by atoms with E-state index >= 15 is 0 Å². The molecule has 5 rings (SSSR count). The maximum absolute atomic E-state index is 12.6. The second kappa shape index (κ2) is 9.74. The number of rotatable bonds is 8. The fraction of sp³-hybridized carbons (Fsp3) is 0.357. The first kappa shape index (κ1) is 23.4. The van der Waals surface area contributed by atoms with E-state index in [9.17, 15) is 9.59 Å². The number of para-hydroxylation sites is 1. The zero-order valence-corrected chi connectivity index (χ0v) is 21.2. The third kappa shape index (κ3) is 4.52. The first-order valence-corrected chi connectivity index (χ1v) is 13.2. The summed E-state index contributed by atoms with van der Waals surface area (Å²) in [7, 11) is 1.84. The first-order valence-electron chi connectivity index (χ1n) is 12.4. The molecule has 0 spiro atoms. The molecule has 3 heterocycles. The first-order chi connectivity index (χ1) is 17.0. The molecule has 35 heavy (non-hydrogen) atoms. The van der Waals surface area contributed by atoms with Gasteiger partial charge in [-0.3, -0.25) is 9.59 Å². The van der Waals surface area contributed by atoms with Gasteiger partial charge in [-0.25, -0.2) is 0 Å². The number of carbonyl (C=O) groups excluding carboxylic acids is 2. The summed E-state index contributed by atoms with van der Waals surface area (Å²) < 4.78 is 1.05. The number of primary amides is 1. The Hall–Kier alpha value is -3.32. The Morgan fingerprint density at radius 1 is 1.17 bits per heavy atom. The molecule has 0 bridgehead atoms. The molecule has 1 unspecified atom stereocenters. The zero-order chi connectivity index (χ0) is 24.5. The number of aromatic nitrogens is 1.